The van der Waals surface area contributed by atoms with Gasteiger partial charge in [0, 0.05) is 22.5 Å². The maximum atomic E-state index is 14.7. The first-order chi connectivity index (χ1) is 18.9. The number of carbonyl (C=O) groups is 3. The number of nitrogens with one attached hydrogen (secondary N) is 1. The predicted molar refractivity (Wildman–Crippen MR) is 154 cm³/mol. The molecular formula is C31H20Cl2N2O3S. The zero-order valence-corrected chi connectivity index (χ0v) is 22.6. The summed E-state index contributed by atoms with van der Waals surface area (Å²) in [6.45, 7) is 0. The Morgan fingerprint density at radius 1 is 0.923 bits per heavy atom. The van der Waals surface area contributed by atoms with E-state index >= 15 is 0 Å². The van der Waals surface area contributed by atoms with Crippen molar-refractivity contribution in [2.45, 2.75) is 17.5 Å². The third kappa shape index (κ3) is 3.35. The molecule has 3 aromatic carbocycles. The molecule has 0 unspecified atom stereocenters. The van der Waals surface area contributed by atoms with Gasteiger partial charge in [-0.2, -0.15) is 0 Å². The molecule has 4 atom stereocenters. The van der Waals surface area contributed by atoms with E-state index in [-0.39, 0.29) is 28.1 Å². The summed E-state index contributed by atoms with van der Waals surface area (Å²) in [6, 6.07) is 22.0. The van der Waals surface area contributed by atoms with Gasteiger partial charge < -0.3 is 10.2 Å². The molecule has 7 rings (SSSR count). The van der Waals surface area contributed by atoms with E-state index in [1.165, 1.54) is 17.4 Å². The van der Waals surface area contributed by atoms with Gasteiger partial charge in [-0.15, -0.1) is 11.3 Å². The summed E-state index contributed by atoms with van der Waals surface area (Å²) in [5.74, 6) is -1.97. The van der Waals surface area contributed by atoms with Gasteiger partial charge in [0.2, 0.25) is 5.91 Å². The van der Waals surface area contributed by atoms with E-state index in [1.54, 1.807) is 18.2 Å². The highest BCUT2D eigenvalue weighted by Crippen LogP contribution is 2.62. The Balaban J connectivity index is 1.56. The number of anilines is 1. The standard InChI is InChI=1S/C31H20Cl2N2O3S/c32-18-11-12-20(22(33)16-18)27(36)25-26(28(37)24-10-5-15-39-24)35-14-13-17-6-1-2-7-19(17)29(35)31(25)21-8-3-4-9-23(21)34-30(31)38/h1-16,25-26,29H,(H,34,38)/t25-,26-,29+,31+/m0/s1. The van der Waals surface area contributed by atoms with E-state index in [0.717, 1.165) is 11.1 Å². The Kier molecular flexibility index (Phi) is 5.56. The Labute approximate surface area is 238 Å². The molecule has 0 aliphatic carbocycles. The lowest BCUT2D eigenvalue weighted by Gasteiger charge is -2.38. The van der Waals surface area contributed by atoms with Gasteiger partial charge in [-0.1, -0.05) is 71.7 Å². The van der Waals surface area contributed by atoms with Crippen molar-refractivity contribution in [2.24, 2.45) is 5.92 Å². The lowest BCUT2D eigenvalue weighted by atomic mass is 9.62. The first kappa shape index (κ1) is 24.3. The van der Waals surface area contributed by atoms with E-state index in [2.05, 4.69) is 5.32 Å². The number of benzene rings is 3. The van der Waals surface area contributed by atoms with Crippen LogP contribution in [0.4, 0.5) is 5.69 Å². The van der Waals surface area contributed by atoms with Gasteiger partial charge in [0.05, 0.1) is 21.9 Å². The number of Topliss-reactive ketones (excluding diaryl/α,β-unsaturated/α-hetero) is 2. The molecular weight excluding hydrogens is 551 g/mol. The number of rotatable bonds is 4. The van der Waals surface area contributed by atoms with Gasteiger partial charge in [-0.25, -0.2) is 0 Å². The number of halogens is 2. The topological polar surface area (TPSA) is 66.5 Å². The number of para-hydroxylation sites is 1. The molecule has 1 N–H and O–H groups in total. The highest BCUT2D eigenvalue weighted by molar-refractivity contribution is 7.12. The van der Waals surface area contributed by atoms with Crippen LogP contribution in [0.25, 0.3) is 6.08 Å². The number of hydrogen-bond donors (Lipinski definition) is 1. The third-order valence-electron chi connectivity index (χ3n) is 8.08. The zero-order valence-electron chi connectivity index (χ0n) is 20.3. The fourth-order valence-corrected chi connectivity index (χ4v) is 7.79. The van der Waals surface area contributed by atoms with E-state index in [9.17, 15) is 14.4 Å². The van der Waals surface area contributed by atoms with Gasteiger partial charge in [-0.3, -0.25) is 14.4 Å². The zero-order chi connectivity index (χ0) is 26.9. The molecule has 0 radical (unpaired) electrons. The second-order valence-corrected chi connectivity index (χ2v) is 11.7. The van der Waals surface area contributed by atoms with Crippen LogP contribution >= 0.6 is 34.5 Å². The van der Waals surface area contributed by atoms with Crippen LogP contribution in [0, 0.1) is 5.92 Å². The molecule has 0 saturated carbocycles. The Morgan fingerprint density at radius 3 is 2.51 bits per heavy atom. The van der Waals surface area contributed by atoms with Crippen molar-refractivity contribution in [3.63, 3.8) is 0 Å². The van der Waals surface area contributed by atoms with Crippen LogP contribution in [-0.4, -0.2) is 28.4 Å². The highest BCUT2D eigenvalue weighted by atomic mass is 35.5. The second-order valence-electron chi connectivity index (χ2n) is 9.92. The number of ketones is 2. The van der Waals surface area contributed by atoms with E-state index in [4.69, 9.17) is 23.2 Å². The predicted octanol–water partition coefficient (Wildman–Crippen LogP) is 7.04. The fourth-order valence-electron chi connectivity index (χ4n) is 6.59. The number of nitrogens with zero attached hydrogens (tertiary/aromatic N) is 1. The summed E-state index contributed by atoms with van der Waals surface area (Å²) in [5, 5.41) is 5.45. The molecule has 1 fully saturated rings. The molecule has 5 nitrogen and oxygen atoms in total. The number of carbonyl (C=O) groups excluding carboxylic acids is 3. The third-order valence-corrected chi connectivity index (χ3v) is 9.51. The number of amides is 1. The summed E-state index contributed by atoms with van der Waals surface area (Å²) in [4.78, 5) is 45.9. The number of thiophene rings is 1. The quantitative estimate of drug-likeness (QED) is 0.267. The summed E-state index contributed by atoms with van der Waals surface area (Å²) in [6.07, 6.45) is 3.80. The lowest BCUT2D eigenvalue weighted by Crippen LogP contribution is -2.49. The van der Waals surface area contributed by atoms with Crippen LogP contribution in [0.1, 0.15) is 42.8 Å². The Morgan fingerprint density at radius 2 is 1.72 bits per heavy atom. The average molecular weight is 571 g/mol. The van der Waals surface area contributed by atoms with Gasteiger partial charge in [0.15, 0.2) is 11.6 Å². The maximum Gasteiger partial charge on any atom is 0.238 e. The lowest BCUT2D eigenvalue weighted by molar-refractivity contribution is -0.122. The van der Waals surface area contributed by atoms with Crippen LogP contribution in [-0.2, 0) is 10.2 Å². The van der Waals surface area contributed by atoms with Crippen LogP contribution in [0.15, 0.2) is 90.4 Å². The van der Waals surface area contributed by atoms with Crippen LogP contribution in [0.5, 0.6) is 0 Å². The molecule has 192 valence electrons. The van der Waals surface area contributed by atoms with Crippen molar-refractivity contribution in [3.05, 3.63) is 128 Å². The van der Waals surface area contributed by atoms with E-state index < -0.39 is 23.4 Å². The second kappa shape index (κ2) is 8.91. The van der Waals surface area contributed by atoms with E-state index in [0.29, 0.717) is 21.2 Å². The molecule has 0 bridgehead atoms. The molecule has 39 heavy (non-hydrogen) atoms. The smallest absolute Gasteiger partial charge is 0.238 e. The molecule has 4 heterocycles. The van der Waals surface area contributed by atoms with Crippen molar-refractivity contribution in [1.29, 1.82) is 0 Å². The normalized spacial score (nSPS) is 24.3. The molecule has 3 aliphatic rings. The average Bonchev–Trinajstić information content (AvgIpc) is 3.65. The summed E-state index contributed by atoms with van der Waals surface area (Å²) < 4.78 is 0. The minimum absolute atomic E-state index is 0.178. The van der Waals surface area contributed by atoms with Crippen molar-refractivity contribution in [3.8, 4) is 0 Å². The van der Waals surface area contributed by atoms with Crippen molar-refractivity contribution in [1.82, 2.24) is 4.90 Å². The molecule has 8 heteroatoms. The first-order valence-electron chi connectivity index (χ1n) is 12.5. The van der Waals surface area contributed by atoms with Gasteiger partial charge in [-0.05, 0) is 58.5 Å². The number of fused-ring (bicyclic) bond motifs is 6. The minimum atomic E-state index is -1.39. The summed E-state index contributed by atoms with van der Waals surface area (Å²) in [5.41, 5.74) is 1.99. The molecule has 1 saturated heterocycles. The molecule has 1 spiro atoms. The Hall–Kier alpha value is -3.71. The van der Waals surface area contributed by atoms with Crippen LogP contribution in [0.3, 0.4) is 0 Å². The minimum Gasteiger partial charge on any atom is -0.358 e. The summed E-state index contributed by atoms with van der Waals surface area (Å²) >= 11 is 14.1. The van der Waals surface area contributed by atoms with Crippen molar-refractivity contribution < 1.29 is 14.4 Å². The summed E-state index contributed by atoms with van der Waals surface area (Å²) in [7, 11) is 0. The monoisotopic (exact) mass is 570 g/mol. The SMILES string of the molecule is O=C(c1cccs1)[C@@H]1[C@@H](C(=O)c2ccc(Cl)cc2Cl)[C@@]2(C(=O)Nc3ccccc32)[C@H]2c3ccccc3C=CN12. The van der Waals surface area contributed by atoms with Crippen LogP contribution < -0.4 is 5.32 Å². The van der Waals surface area contributed by atoms with Crippen molar-refractivity contribution in [2.75, 3.05) is 5.32 Å². The molecule has 3 aliphatic heterocycles. The van der Waals surface area contributed by atoms with Gasteiger partial charge >= 0.3 is 0 Å². The Bertz CT molecular complexity index is 1720. The number of hydrogen-bond acceptors (Lipinski definition) is 5. The van der Waals surface area contributed by atoms with Gasteiger partial charge in [0.25, 0.3) is 0 Å². The molecule has 1 aromatic heterocycles. The highest BCUT2D eigenvalue weighted by Gasteiger charge is 2.70. The first-order valence-corrected chi connectivity index (χ1v) is 14.1. The fraction of sp³-hybridized carbons (Fsp3) is 0.129. The molecule has 4 aromatic rings. The maximum absolute atomic E-state index is 14.7. The van der Waals surface area contributed by atoms with Crippen LogP contribution in [0.2, 0.25) is 10.0 Å². The largest absolute Gasteiger partial charge is 0.358 e. The molecule has 1 amide bonds. The van der Waals surface area contributed by atoms with Gasteiger partial charge in [0.1, 0.15) is 11.5 Å². The van der Waals surface area contributed by atoms with Crippen molar-refractivity contribution >= 4 is 63.8 Å². The van der Waals surface area contributed by atoms with E-state index in [1.807, 2.05) is 77.2 Å².